The lowest BCUT2D eigenvalue weighted by molar-refractivity contribution is 1.28. The lowest BCUT2D eigenvalue weighted by atomic mass is 9.95. The molecule has 0 saturated heterocycles. The van der Waals surface area contributed by atoms with Crippen LogP contribution in [0.4, 0.5) is 34.1 Å². The van der Waals surface area contributed by atoms with E-state index < -0.39 is 0 Å². The molecule has 76 heavy (non-hydrogen) atoms. The van der Waals surface area contributed by atoms with Crippen LogP contribution in [0, 0.1) is 0 Å². The molecule has 0 atom stereocenters. The molecule has 0 radical (unpaired) electrons. The fourth-order valence-corrected chi connectivity index (χ4v) is 10.9. The number of anilines is 6. The summed E-state index contributed by atoms with van der Waals surface area (Å²) in [5.41, 5.74) is 20.8. The molecule has 0 aliphatic heterocycles. The van der Waals surface area contributed by atoms with Gasteiger partial charge in [0.2, 0.25) is 0 Å². The van der Waals surface area contributed by atoms with Crippen LogP contribution in [0.2, 0.25) is 0 Å². The van der Waals surface area contributed by atoms with Gasteiger partial charge in [0.1, 0.15) is 0 Å². The Morgan fingerprint density at radius 1 is 0.158 bits per heavy atom. The normalized spacial score (nSPS) is 11.2. The van der Waals surface area contributed by atoms with Crippen molar-refractivity contribution in [2.45, 2.75) is 0 Å². The van der Waals surface area contributed by atoms with Crippen LogP contribution >= 0.6 is 0 Å². The first kappa shape index (κ1) is 45.8. The fraction of sp³-hybridized carbons (Fsp3) is 0. The molecular weight excluding hydrogens is 917 g/mol. The largest absolute Gasteiger partial charge is 0.309 e. The molecular formula is C74H52N2. The molecule has 13 aromatic carbocycles. The quantitative estimate of drug-likeness (QED) is 0.113. The maximum Gasteiger partial charge on any atom is 0.0540 e. The summed E-state index contributed by atoms with van der Waals surface area (Å²) >= 11 is 0. The summed E-state index contributed by atoms with van der Waals surface area (Å²) in [6.07, 6.45) is 0. The summed E-state index contributed by atoms with van der Waals surface area (Å²) in [4.78, 5) is 4.83. The molecule has 2 heteroatoms. The van der Waals surface area contributed by atoms with Crippen molar-refractivity contribution in [3.63, 3.8) is 0 Å². The molecule has 0 heterocycles. The Bertz CT molecular complexity index is 3690. The van der Waals surface area contributed by atoms with Crippen LogP contribution in [0.5, 0.6) is 0 Å². The second-order valence-electron chi connectivity index (χ2n) is 19.3. The van der Waals surface area contributed by atoms with Crippen molar-refractivity contribution < 1.29 is 0 Å². The van der Waals surface area contributed by atoms with Gasteiger partial charge in [-0.05, 0) is 139 Å². The number of rotatable bonds is 12. The zero-order chi connectivity index (χ0) is 50.6. The zero-order valence-corrected chi connectivity index (χ0v) is 41.9. The maximum atomic E-state index is 2.41. The summed E-state index contributed by atoms with van der Waals surface area (Å²) in [7, 11) is 0. The molecule has 0 aromatic heterocycles. The fourth-order valence-electron chi connectivity index (χ4n) is 10.9. The van der Waals surface area contributed by atoms with Gasteiger partial charge < -0.3 is 9.80 Å². The van der Waals surface area contributed by atoms with E-state index in [9.17, 15) is 0 Å². The molecule has 0 spiro atoms. The van der Waals surface area contributed by atoms with Crippen LogP contribution < -0.4 is 9.80 Å². The lowest BCUT2D eigenvalue weighted by Crippen LogP contribution is -2.12. The van der Waals surface area contributed by atoms with Gasteiger partial charge in [-0.3, -0.25) is 0 Å². The molecule has 0 amide bonds. The van der Waals surface area contributed by atoms with Crippen molar-refractivity contribution in [1.29, 1.82) is 0 Å². The third-order valence-electron chi connectivity index (χ3n) is 14.6. The van der Waals surface area contributed by atoms with E-state index in [2.05, 4.69) is 325 Å². The first-order valence-electron chi connectivity index (χ1n) is 26.1. The summed E-state index contributed by atoms with van der Waals surface area (Å²) in [6, 6.07) is 114. The number of hydrogen-bond acceptors (Lipinski definition) is 2. The van der Waals surface area contributed by atoms with Gasteiger partial charge in [0.05, 0.1) is 22.7 Å². The summed E-state index contributed by atoms with van der Waals surface area (Å²) in [5.74, 6) is 0. The van der Waals surface area contributed by atoms with Crippen molar-refractivity contribution >= 4 is 55.7 Å². The van der Waals surface area contributed by atoms with Crippen LogP contribution in [0.3, 0.4) is 0 Å². The first-order valence-corrected chi connectivity index (χ1v) is 26.1. The number of para-hydroxylation sites is 4. The Kier molecular flexibility index (Phi) is 12.3. The van der Waals surface area contributed by atoms with Gasteiger partial charge in [0.15, 0.2) is 0 Å². The first-order chi connectivity index (χ1) is 37.7. The molecule has 13 rings (SSSR count). The Balaban J connectivity index is 0.824. The van der Waals surface area contributed by atoms with Gasteiger partial charge in [-0.15, -0.1) is 0 Å². The minimum absolute atomic E-state index is 1.09. The van der Waals surface area contributed by atoms with Gasteiger partial charge in [0.25, 0.3) is 0 Å². The molecule has 0 aliphatic carbocycles. The minimum Gasteiger partial charge on any atom is -0.309 e. The third-order valence-corrected chi connectivity index (χ3v) is 14.6. The molecule has 0 aliphatic rings. The number of hydrogen-bond donors (Lipinski definition) is 0. The average molecular weight is 969 g/mol. The van der Waals surface area contributed by atoms with E-state index in [4.69, 9.17) is 0 Å². The molecule has 0 bridgehead atoms. The van der Waals surface area contributed by atoms with E-state index in [0.29, 0.717) is 0 Å². The zero-order valence-electron chi connectivity index (χ0n) is 41.9. The molecule has 13 aromatic rings. The van der Waals surface area contributed by atoms with Crippen LogP contribution in [0.15, 0.2) is 315 Å². The summed E-state index contributed by atoms with van der Waals surface area (Å²) in [6.45, 7) is 0. The SMILES string of the molecule is c1ccc(-c2ccccc2N(c2ccc(-c3ccc4cc5cc(-c6ccc(N(c7ccccc7-c7ccccc7)c7ccccc7-c7ccccc7)cc6)ccc5cc4c3)cc2)c2ccccc2-c2ccccc2)cc1. The van der Waals surface area contributed by atoms with Crippen LogP contribution in [0.25, 0.3) is 88.3 Å². The summed E-state index contributed by atoms with van der Waals surface area (Å²) < 4.78 is 0. The Morgan fingerprint density at radius 2 is 0.408 bits per heavy atom. The van der Waals surface area contributed by atoms with Gasteiger partial charge in [-0.25, -0.2) is 0 Å². The number of fused-ring (bicyclic) bond motifs is 2. The highest BCUT2D eigenvalue weighted by molar-refractivity contribution is 6.02. The van der Waals surface area contributed by atoms with E-state index in [0.717, 1.165) is 34.1 Å². The smallest absolute Gasteiger partial charge is 0.0540 e. The predicted octanol–water partition coefficient (Wildman–Crippen LogP) is 20.9. The average Bonchev–Trinajstić information content (AvgIpc) is 3.53. The van der Waals surface area contributed by atoms with E-state index in [1.165, 1.54) is 88.3 Å². The second-order valence-corrected chi connectivity index (χ2v) is 19.3. The van der Waals surface area contributed by atoms with E-state index >= 15 is 0 Å². The minimum atomic E-state index is 1.09. The van der Waals surface area contributed by atoms with Gasteiger partial charge in [0, 0.05) is 33.6 Å². The van der Waals surface area contributed by atoms with E-state index in [-0.39, 0.29) is 0 Å². The van der Waals surface area contributed by atoms with Crippen molar-refractivity contribution in [3.05, 3.63) is 315 Å². The molecule has 358 valence electrons. The topological polar surface area (TPSA) is 6.48 Å². The van der Waals surface area contributed by atoms with Crippen molar-refractivity contribution in [1.82, 2.24) is 0 Å². The molecule has 0 fully saturated rings. The van der Waals surface area contributed by atoms with Crippen molar-refractivity contribution in [3.8, 4) is 66.8 Å². The van der Waals surface area contributed by atoms with Crippen LogP contribution in [-0.2, 0) is 0 Å². The Hall–Kier alpha value is -10.0. The molecule has 2 nitrogen and oxygen atoms in total. The third kappa shape index (κ3) is 8.99. The van der Waals surface area contributed by atoms with Crippen molar-refractivity contribution in [2.75, 3.05) is 9.80 Å². The van der Waals surface area contributed by atoms with E-state index in [1.807, 2.05) is 0 Å². The second kappa shape index (κ2) is 20.5. The molecule has 0 unspecified atom stereocenters. The highest BCUT2D eigenvalue weighted by Gasteiger charge is 2.22. The van der Waals surface area contributed by atoms with Crippen molar-refractivity contribution in [2.24, 2.45) is 0 Å². The standard InChI is InChI=1S/C74H52N2/c1-5-21-55(22-6-1)67-29-13-17-33-71(67)75(72-34-18-14-30-68(72)56-23-7-2-8-24-56)65-45-41-53(42-46-65)59-37-39-61-52-64-50-60(38-40-62(64)51-63(61)49-59)54-43-47-66(48-44-54)76(73-35-19-15-31-69(73)57-25-9-3-10-26-57)74-36-20-16-32-70(74)58-27-11-4-12-28-58/h1-52H. The Morgan fingerprint density at radius 3 is 0.697 bits per heavy atom. The highest BCUT2D eigenvalue weighted by atomic mass is 15.2. The van der Waals surface area contributed by atoms with Crippen LogP contribution in [-0.4, -0.2) is 0 Å². The maximum absolute atomic E-state index is 2.41. The van der Waals surface area contributed by atoms with Gasteiger partial charge in [-0.2, -0.15) is 0 Å². The molecule has 0 N–H and O–H groups in total. The monoisotopic (exact) mass is 968 g/mol. The van der Waals surface area contributed by atoms with Crippen LogP contribution in [0.1, 0.15) is 0 Å². The van der Waals surface area contributed by atoms with E-state index in [1.54, 1.807) is 0 Å². The summed E-state index contributed by atoms with van der Waals surface area (Å²) in [5, 5.41) is 4.86. The molecule has 0 saturated carbocycles. The predicted molar refractivity (Wildman–Crippen MR) is 323 cm³/mol. The number of benzene rings is 13. The Labute approximate surface area is 445 Å². The van der Waals surface area contributed by atoms with Gasteiger partial charge in [-0.1, -0.05) is 243 Å². The van der Waals surface area contributed by atoms with Gasteiger partial charge >= 0.3 is 0 Å². The lowest BCUT2D eigenvalue weighted by Gasteiger charge is -2.30. The number of nitrogens with zero attached hydrogens (tertiary/aromatic N) is 2. The highest BCUT2D eigenvalue weighted by Crippen LogP contribution is 2.47.